The second kappa shape index (κ2) is 10.1. The highest BCUT2D eigenvalue weighted by Gasteiger charge is 2.09. The van der Waals surface area contributed by atoms with Crippen molar-refractivity contribution in [2.24, 2.45) is 0 Å². The van der Waals surface area contributed by atoms with Gasteiger partial charge >= 0.3 is 0 Å². The lowest BCUT2D eigenvalue weighted by atomic mass is 10.2. The van der Waals surface area contributed by atoms with Crippen LogP contribution in [-0.4, -0.2) is 49.2 Å². The summed E-state index contributed by atoms with van der Waals surface area (Å²) in [5.41, 5.74) is 1.25. The molecule has 4 heteroatoms. The van der Waals surface area contributed by atoms with E-state index in [2.05, 4.69) is 23.4 Å². The van der Waals surface area contributed by atoms with Gasteiger partial charge in [0.25, 0.3) is 6.47 Å². The van der Waals surface area contributed by atoms with Gasteiger partial charge in [0.05, 0.1) is 0 Å². The van der Waals surface area contributed by atoms with Crippen LogP contribution in [0.1, 0.15) is 0 Å². The van der Waals surface area contributed by atoms with Gasteiger partial charge in [-0.25, -0.2) is 0 Å². The van der Waals surface area contributed by atoms with Gasteiger partial charge in [0.2, 0.25) is 0 Å². The molecule has 0 spiro atoms. The number of carboxylic acid groups (broad SMARTS) is 1. The highest BCUT2D eigenvalue weighted by atomic mass is 16.3. The van der Waals surface area contributed by atoms with E-state index < -0.39 is 0 Å². The van der Waals surface area contributed by atoms with Gasteiger partial charge in [-0.2, -0.15) is 0 Å². The molecule has 0 aromatic rings. The lowest BCUT2D eigenvalue weighted by molar-refractivity contribution is -0.122. The van der Waals surface area contributed by atoms with E-state index in [1.54, 1.807) is 0 Å². The summed E-state index contributed by atoms with van der Waals surface area (Å²) >= 11 is 0. The monoisotopic (exact) mass is 224 g/mol. The lowest BCUT2D eigenvalue weighted by Crippen LogP contribution is -2.44. The molecular formula is C12H20N2O2. The van der Waals surface area contributed by atoms with Crippen molar-refractivity contribution in [1.82, 2.24) is 10.2 Å². The summed E-state index contributed by atoms with van der Waals surface area (Å²) in [5.74, 6) is 0. The molecule has 1 heterocycles. The molecule has 0 aromatic heterocycles. The third-order valence-electron chi connectivity index (χ3n) is 2.21. The van der Waals surface area contributed by atoms with E-state index in [0.29, 0.717) is 0 Å². The molecule has 1 aliphatic heterocycles. The number of nitrogens with zero attached hydrogens (tertiary/aromatic N) is 1. The quantitative estimate of drug-likeness (QED) is 0.550. The largest absolute Gasteiger partial charge is 0.483 e. The zero-order valence-corrected chi connectivity index (χ0v) is 9.56. The minimum atomic E-state index is -0.250. The van der Waals surface area contributed by atoms with E-state index >= 15 is 0 Å². The Hall–Kier alpha value is -1.39. The van der Waals surface area contributed by atoms with E-state index in [9.17, 15) is 0 Å². The molecule has 90 valence electrons. The summed E-state index contributed by atoms with van der Waals surface area (Å²) in [6.45, 7) is 12.7. The minimum absolute atomic E-state index is 0.250. The smallest absolute Gasteiger partial charge is 0.290 e. The summed E-state index contributed by atoms with van der Waals surface area (Å²) in [5, 5.41) is 10.2. The molecule has 1 rings (SSSR count). The van der Waals surface area contributed by atoms with Crippen LogP contribution in [0.4, 0.5) is 0 Å². The minimum Gasteiger partial charge on any atom is -0.483 e. The zero-order valence-electron chi connectivity index (χ0n) is 9.56. The predicted molar refractivity (Wildman–Crippen MR) is 66.5 cm³/mol. The molecule has 0 radical (unpaired) electrons. The fraction of sp³-hybridized carbons (Fsp3) is 0.417. The molecule has 0 saturated carbocycles. The maximum absolute atomic E-state index is 8.36. The molecule has 4 nitrogen and oxygen atoms in total. The molecule has 16 heavy (non-hydrogen) atoms. The van der Waals surface area contributed by atoms with Crippen LogP contribution in [0, 0.1) is 0 Å². The van der Waals surface area contributed by atoms with Crippen LogP contribution in [0.25, 0.3) is 0 Å². The summed E-state index contributed by atoms with van der Waals surface area (Å²) in [6, 6.07) is 0. The van der Waals surface area contributed by atoms with Crippen molar-refractivity contribution in [3.8, 4) is 0 Å². The molecule has 1 fully saturated rings. The number of hydrogen-bond donors (Lipinski definition) is 2. The Labute approximate surface area is 97.0 Å². The molecule has 0 aromatic carbocycles. The first-order chi connectivity index (χ1) is 7.78. The fourth-order valence-electron chi connectivity index (χ4n) is 1.46. The number of piperazine rings is 1. The van der Waals surface area contributed by atoms with Gasteiger partial charge < -0.3 is 10.4 Å². The second-order valence-electron chi connectivity index (χ2n) is 3.31. The van der Waals surface area contributed by atoms with Gasteiger partial charge in [0, 0.05) is 32.7 Å². The molecule has 1 saturated heterocycles. The van der Waals surface area contributed by atoms with Gasteiger partial charge in [-0.15, -0.1) is 0 Å². The van der Waals surface area contributed by atoms with Crippen LogP contribution in [0.5, 0.6) is 0 Å². The first kappa shape index (κ1) is 14.6. The molecule has 0 amide bonds. The van der Waals surface area contributed by atoms with Crippen LogP contribution in [0.3, 0.4) is 0 Å². The number of rotatable bonds is 4. The van der Waals surface area contributed by atoms with Crippen molar-refractivity contribution < 1.29 is 9.90 Å². The Balaban J connectivity index is 0.000000673. The Bertz CT molecular complexity index is 243. The van der Waals surface area contributed by atoms with Crippen molar-refractivity contribution >= 4 is 6.47 Å². The molecule has 0 aliphatic carbocycles. The zero-order chi connectivity index (χ0) is 12.2. The summed E-state index contributed by atoms with van der Waals surface area (Å²) in [6.07, 6.45) is 5.75. The highest BCUT2D eigenvalue weighted by molar-refractivity contribution is 5.32. The van der Waals surface area contributed by atoms with Gasteiger partial charge in [0.1, 0.15) is 0 Å². The Morgan fingerprint density at radius 2 is 1.94 bits per heavy atom. The Morgan fingerprint density at radius 1 is 1.38 bits per heavy atom. The maximum atomic E-state index is 8.36. The van der Waals surface area contributed by atoms with Crippen molar-refractivity contribution in [1.29, 1.82) is 0 Å². The topological polar surface area (TPSA) is 52.6 Å². The van der Waals surface area contributed by atoms with Gasteiger partial charge in [-0.1, -0.05) is 31.4 Å². The van der Waals surface area contributed by atoms with E-state index in [4.69, 9.17) is 9.90 Å². The van der Waals surface area contributed by atoms with E-state index in [-0.39, 0.29) is 6.47 Å². The van der Waals surface area contributed by atoms with Crippen molar-refractivity contribution in [2.75, 3.05) is 32.7 Å². The number of hydrogen-bond acceptors (Lipinski definition) is 3. The van der Waals surface area contributed by atoms with Crippen LogP contribution in [0.15, 0.2) is 37.0 Å². The fourth-order valence-corrected chi connectivity index (χ4v) is 1.46. The molecular weight excluding hydrogens is 204 g/mol. The number of allylic oxidation sites excluding steroid dienone is 2. The van der Waals surface area contributed by atoms with E-state index in [1.165, 1.54) is 5.57 Å². The lowest BCUT2D eigenvalue weighted by Gasteiger charge is -2.27. The van der Waals surface area contributed by atoms with Gasteiger partial charge in [-0.3, -0.25) is 9.69 Å². The Morgan fingerprint density at radius 3 is 2.38 bits per heavy atom. The first-order valence-corrected chi connectivity index (χ1v) is 5.23. The first-order valence-electron chi connectivity index (χ1n) is 5.23. The van der Waals surface area contributed by atoms with Crippen molar-refractivity contribution in [3.63, 3.8) is 0 Å². The second-order valence-corrected chi connectivity index (χ2v) is 3.31. The van der Waals surface area contributed by atoms with Crippen LogP contribution < -0.4 is 5.32 Å². The average molecular weight is 224 g/mol. The van der Waals surface area contributed by atoms with Crippen molar-refractivity contribution in [2.45, 2.75) is 0 Å². The summed E-state index contributed by atoms with van der Waals surface area (Å²) in [4.78, 5) is 10.8. The third-order valence-corrected chi connectivity index (χ3v) is 2.21. The SMILES string of the molecule is C=C/C=C(\C=C)CN1CCNCC1.O=CO. The van der Waals surface area contributed by atoms with Crippen molar-refractivity contribution in [3.05, 3.63) is 37.0 Å². The molecule has 1 aliphatic rings. The highest BCUT2D eigenvalue weighted by Crippen LogP contribution is 2.02. The average Bonchev–Trinajstić information content (AvgIpc) is 2.31. The van der Waals surface area contributed by atoms with Crippen LogP contribution >= 0.6 is 0 Å². The summed E-state index contributed by atoms with van der Waals surface area (Å²) in [7, 11) is 0. The van der Waals surface area contributed by atoms with Crippen LogP contribution in [0.2, 0.25) is 0 Å². The predicted octanol–water partition coefficient (Wildman–Crippen LogP) is 0.891. The van der Waals surface area contributed by atoms with Gasteiger partial charge in [0.15, 0.2) is 0 Å². The summed E-state index contributed by atoms with van der Waals surface area (Å²) < 4.78 is 0. The molecule has 0 atom stereocenters. The molecule has 0 unspecified atom stereocenters. The molecule has 2 N–H and O–H groups in total. The van der Waals surface area contributed by atoms with E-state index in [1.807, 2.05) is 18.2 Å². The maximum Gasteiger partial charge on any atom is 0.290 e. The van der Waals surface area contributed by atoms with Gasteiger partial charge in [-0.05, 0) is 5.57 Å². The Kier molecular flexibility index (Phi) is 9.26. The van der Waals surface area contributed by atoms with Crippen LogP contribution in [-0.2, 0) is 4.79 Å². The number of carbonyl (C=O) groups is 1. The third kappa shape index (κ3) is 6.98. The standard InChI is InChI=1S/C11H18N2.CH2O2/c1-3-5-11(4-2)10-13-8-6-12-7-9-13;2-1-3/h3-5,12H,1-2,6-10H2;1H,(H,2,3)/b11-5+;. The van der Waals surface area contributed by atoms with E-state index in [0.717, 1.165) is 32.7 Å². The normalized spacial score (nSPS) is 16.9. The number of nitrogens with one attached hydrogen (secondary N) is 1. The molecule has 0 bridgehead atoms.